The molecule has 0 radical (unpaired) electrons. The maximum Gasteiger partial charge on any atom is 0.277 e. The smallest absolute Gasteiger partial charge is 0.277 e. The lowest BCUT2D eigenvalue weighted by Crippen LogP contribution is -2.93. The van der Waals surface area contributed by atoms with E-state index in [1.54, 1.807) is 7.05 Å². The van der Waals surface area contributed by atoms with Crippen LogP contribution in [0.3, 0.4) is 0 Å². The third kappa shape index (κ3) is 5.50. The molecule has 3 N–H and O–H groups in total. The number of nitrogens with two attached hydrogens (primary N) is 1. The van der Waals surface area contributed by atoms with Crippen molar-refractivity contribution in [3.8, 4) is 0 Å². The molecule has 1 rings (SSSR count). The summed E-state index contributed by atoms with van der Waals surface area (Å²) in [6.07, 6.45) is 1.12. The minimum absolute atomic E-state index is 0.0715. The first-order valence-electron chi connectivity index (χ1n) is 8.00. The molecule has 1 amide bonds. The van der Waals surface area contributed by atoms with Gasteiger partial charge in [0.05, 0.1) is 0 Å². The van der Waals surface area contributed by atoms with Crippen LogP contribution in [-0.2, 0) is 11.2 Å². The second-order valence-electron chi connectivity index (χ2n) is 6.70. The van der Waals surface area contributed by atoms with Crippen molar-refractivity contribution >= 4 is 5.91 Å². The van der Waals surface area contributed by atoms with Crippen molar-refractivity contribution in [2.75, 3.05) is 7.05 Å². The van der Waals surface area contributed by atoms with Gasteiger partial charge in [0.25, 0.3) is 5.91 Å². The van der Waals surface area contributed by atoms with E-state index in [0.29, 0.717) is 17.9 Å². The molecule has 0 saturated heterocycles. The van der Waals surface area contributed by atoms with Gasteiger partial charge in [-0.05, 0) is 24.8 Å². The summed E-state index contributed by atoms with van der Waals surface area (Å²) in [5, 5.41) is 4.89. The lowest BCUT2D eigenvalue weighted by atomic mass is 9.93. The number of amides is 1. The Morgan fingerprint density at radius 3 is 2.10 bits per heavy atom. The Morgan fingerprint density at radius 1 is 1.10 bits per heavy atom. The molecular weight excluding hydrogens is 260 g/mol. The predicted molar refractivity (Wildman–Crippen MR) is 88.0 cm³/mol. The molecule has 0 aliphatic heterocycles. The van der Waals surface area contributed by atoms with Crippen LogP contribution < -0.4 is 10.6 Å². The van der Waals surface area contributed by atoms with E-state index in [2.05, 4.69) is 62.6 Å². The summed E-state index contributed by atoms with van der Waals surface area (Å²) in [6.45, 7) is 10.9. The van der Waals surface area contributed by atoms with Gasteiger partial charge >= 0.3 is 0 Å². The standard InChI is InChI=1S/C18H30N2O/c1-12(2)11-15-7-9-16(10-8-15)17(13(3)4)20-14(5)18(21)19-6/h7-10,12-14,17,20H,11H2,1-6H3,(H,19,21)/p+1/t14-,17-/m1/s1. The first kappa shape index (κ1) is 17.7. The number of carbonyl (C=O) groups is 1. The molecule has 0 aliphatic rings. The zero-order valence-electron chi connectivity index (χ0n) is 14.3. The zero-order chi connectivity index (χ0) is 16.0. The lowest BCUT2D eigenvalue weighted by Gasteiger charge is -2.23. The van der Waals surface area contributed by atoms with Crippen molar-refractivity contribution in [2.24, 2.45) is 11.8 Å². The number of quaternary nitrogens is 1. The fourth-order valence-corrected chi connectivity index (χ4v) is 2.69. The summed E-state index contributed by atoms with van der Waals surface area (Å²) in [6, 6.07) is 9.13. The highest BCUT2D eigenvalue weighted by molar-refractivity contribution is 5.79. The minimum Gasteiger partial charge on any atom is -0.354 e. The molecule has 3 nitrogen and oxygen atoms in total. The molecule has 0 spiro atoms. The Labute approximate surface area is 129 Å². The van der Waals surface area contributed by atoms with Gasteiger partial charge in [-0.3, -0.25) is 4.79 Å². The van der Waals surface area contributed by atoms with E-state index in [1.165, 1.54) is 11.1 Å². The van der Waals surface area contributed by atoms with Crippen LogP contribution in [0.2, 0.25) is 0 Å². The highest BCUT2D eigenvalue weighted by Crippen LogP contribution is 2.19. The fraction of sp³-hybridized carbons (Fsp3) is 0.611. The van der Waals surface area contributed by atoms with E-state index >= 15 is 0 Å². The summed E-state index contributed by atoms with van der Waals surface area (Å²) >= 11 is 0. The highest BCUT2D eigenvalue weighted by atomic mass is 16.2. The van der Waals surface area contributed by atoms with Crippen molar-refractivity contribution in [1.82, 2.24) is 5.32 Å². The van der Waals surface area contributed by atoms with E-state index in [9.17, 15) is 4.79 Å². The van der Waals surface area contributed by atoms with E-state index in [0.717, 1.165) is 6.42 Å². The second-order valence-corrected chi connectivity index (χ2v) is 6.70. The maximum absolute atomic E-state index is 11.7. The Morgan fingerprint density at radius 2 is 1.67 bits per heavy atom. The molecule has 0 heterocycles. The molecule has 118 valence electrons. The van der Waals surface area contributed by atoms with E-state index in [4.69, 9.17) is 0 Å². The summed E-state index contributed by atoms with van der Waals surface area (Å²) in [5.74, 6) is 1.24. The normalized spacial score (nSPS) is 14.3. The van der Waals surface area contributed by atoms with Crippen LogP contribution in [0, 0.1) is 11.8 Å². The molecule has 3 heteroatoms. The quantitative estimate of drug-likeness (QED) is 0.795. The molecule has 21 heavy (non-hydrogen) atoms. The van der Waals surface area contributed by atoms with Crippen molar-refractivity contribution in [1.29, 1.82) is 0 Å². The fourth-order valence-electron chi connectivity index (χ4n) is 2.69. The van der Waals surface area contributed by atoms with Crippen LogP contribution in [0.25, 0.3) is 0 Å². The Kier molecular flexibility index (Phi) is 6.90. The Bertz CT molecular complexity index is 437. The SMILES string of the molecule is CNC(=O)[C@@H](C)[NH2+][C@@H](c1ccc(CC(C)C)cc1)C(C)C. The molecule has 0 bridgehead atoms. The van der Waals surface area contributed by atoms with Crippen LogP contribution in [0.4, 0.5) is 0 Å². The van der Waals surface area contributed by atoms with Crippen molar-refractivity contribution in [3.05, 3.63) is 35.4 Å². The van der Waals surface area contributed by atoms with Crippen molar-refractivity contribution < 1.29 is 10.1 Å². The molecule has 2 atom stereocenters. The molecule has 1 aromatic carbocycles. The third-order valence-corrected chi connectivity index (χ3v) is 3.88. The zero-order valence-corrected chi connectivity index (χ0v) is 14.3. The van der Waals surface area contributed by atoms with Crippen molar-refractivity contribution in [3.63, 3.8) is 0 Å². The summed E-state index contributed by atoms with van der Waals surface area (Å²) in [4.78, 5) is 11.7. The maximum atomic E-state index is 11.7. The number of likely N-dealkylation sites (N-methyl/N-ethyl adjacent to an activating group) is 1. The van der Waals surface area contributed by atoms with Gasteiger partial charge in [0, 0.05) is 18.5 Å². The first-order valence-corrected chi connectivity index (χ1v) is 8.00. The van der Waals surface area contributed by atoms with Gasteiger partial charge < -0.3 is 10.6 Å². The third-order valence-electron chi connectivity index (χ3n) is 3.88. The number of nitrogens with one attached hydrogen (secondary N) is 1. The van der Waals surface area contributed by atoms with Crippen LogP contribution in [0.1, 0.15) is 51.8 Å². The average molecular weight is 291 g/mol. The largest absolute Gasteiger partial charge is 0.354 e. The second kappa shape index (κ2) is 8.18. The van der Waals surface area contributed by atoms with Crippen molar-refractivity contribution in [2.45, 2.75) is 53.1 Å². The van der Waals surface area contributed by atoms with E-state index in [-0.39, 0.29) is 11.9 Å². The summed E-state index contributed by atoms with van der Waals surface area (Å²) in [7, 11) is 1.69. The number of carbonyl (C=O) groups excluding carboxylic acids is 1. The molecule has 1 aromatic rings. The van der Waals surface area contributed by atoms with Gasteiger partial charge in [-0.2, -0.15) is 0 Å². The van der Waals surface area contributed by atoms with Gasteiger partial charge in [-0.25, -0.2) is 0 Å². The van der Waals surface area contributed by atoms with Gasteiger partial charge in [-0.15, -0.1) is 0 Å². The van der Waals surface area contributed by atoms with Gasteiger partial charge in [0.2, 0.25) is 0 Å². The van der Waals surface area contributed by atoms with Gasteiger partial charge in [0.15, 0.2) is 6.04 Å². The topological polar surface area (TPSA) is 45.7 Å². The predicted octanol–water partition coefficient (Wildman–Crippen LogP) is 2.28. The highest BCUT2D eigenvalue weighted by Gasteiger charge is 2.25. The number of rotatable bonds is 7. The van der Waals surface area contributed by atoms with Gasteiger partial charge in [-0.1, -0.05) is 52.0 Å². The minimum atomic E-state index is -0.0715. The van der Waals surface area contributed by atoms with Crippen LogP contribution in [0.15, 0.2) is 24.3 Å². The first-order chi connectivity index (χ1) is 9.85. The van der Waals surface area contributed by atoms with Gasteiger partial charge in [0.1, 0.15) is 6.04 Å². The summed E-state index contributed by atoms with van der Waals surface area (Å²) < 4.78 is 0. The number of hydrogen-bond donors (Lipinski definition) is 2. The Balaban J connectivity index is 2.83. The molecule has 0 aliphatic carbocycles. The average Bonchev–Trinajstić information content (AvgIpc) is 2.43. The van der Waals surface area contributed by atoms with Crippen LogP contribution in [-0.4, -0.2) is 19.0 Å². The molecular formula is C18H31N2O+. The Hall–Kier alpha value is -1.35. The summed E-state index contributed by atoms with van der Waals surface area (Å²) in [5.41, 5.74) is 2.68. The van der Waals surface area contributed by atoms with Crippen LogP contribution >= 0.6 is 0 Å². The number of benzene rings is 1. The lowest BCUT2D eigenvalue weighted by molar-refractivity contribution is -0.719. The molecule has 0 aromatic heterocycles. The van der Waals surface area contributed by atoms with E-state index < -0.39 is 0 Å². The number of hydrogen-bond acceptors (Lipinski definition) is 1. The van der Waals surface area contributed by atoms with Crippen LogP contribution in [0.5, 0.6) is 0 Å². The molecule has 0 fully saturated rings. The van der Waals surface area contributed by atoms with E-state index in [1.807, 2.05) is 6.92 Å². The molecule has 0 saturated carbocycles. The monoisotopic (exact) mass is 291 g/mol. The molecule has 0 unspecified atom stereocenters.